The number of nitrogens with zero attached hydrogens (tertiary/aromatic N) is 1. The molecular weight excluding hydrogens is 230 g/mol. The SMILES string of the molecule is COC1CCC(C(=O)N2CCC(CO)CC2)CC1. The van der Waals surface area contributed by atoms with Crippen LogP contribution < -0.4 is 0 Å². The highest BCUT2D eigenvalue weighted by atomic mass is 16.5. The number of likely N-dealkylation sites (tertiary alicyclic amines) is 1. The first-order chi connectivity index (χ1) is 8.74. The molecule has 0 aromatic carbocycles. The Morgan fingerprint density at radius 1 is 1.17 bits per heavy atom. The van der Waals surface area contributed by atoms with Crippen LogP contribution in [0, 0.1) is 11.8 Å². The molecule has 2 rings (SSSR count). The number of piperidine rings is 1. The summed E-state index contributed by atoms with van der Waals surface area (Å²) in [4.78, 5) is 14.4. The molecule has 0 bridgehead atoms. The number of aliphatic hydroxyl groups excluding tert-OH is 1. The molecule has 1 saturated carbocycles. The summed E-state index contributed by atoms with van der Waals surface area (Å²) in [6, 6.07) is 0. The van der Waals surface area contributed by atoms with Crippen molar-refractivity contribution in [2.45, 2.75) is 44.6 Å². The van der Waals surface area contributed by atoms with Gasteiger partial charge in [-0.1, -0.05) is 0 Å². The summed E-state index contributed by atoms with van der Waals surface area (Å²) in [5, 5.41) is 9.10. The lowest BCUT2D eigenvalue weighted by molar-refractivity contribution is -0.139. The summed E-state index contributed by atoms with van der Waals surface area (Å²) in [6.45, 7) is 1.92. The van der Waals surface area contributed by atoms with Crippen LogP contribution in [-0.4, -0.2) is 48.8 Å². The van der Waals surface area contributed by atoms with Crippen LogP contribution in [0.15, 0.2) is 0 Å². The summed E-state index contributed by atoms with van der Waals surface area (Å²) in [5.41, 5.74) is 0. The van der Waals surface area contributed by atoms with Gasteiger partial charge in [-0.3, -0.25) is 4.79 Å². The maximum Gasteiger partial charge on any atom is 0.225 e. The number of carbonyl (C=O) groups is 1. The second-order valence-corrected chi connectivity index (χ2v) is 5.66. The molecule has 18 heavy (non-hydrogen) atoms. The van der Waals surface area contributed by atoms with Gasteiger partial charge in [-0.05, 0) is 44.4 Å². The normalized spacial score (nSPS) is 30.4. The highest BCUT2D eigenvalue weighted by molar-refractivity contribution is 5.79. The van der Waals surface area contributed by atoms with E-state index in [-0.39, 0.29) is 12.5 Å². The lowest BCUT2D eigenvalue weighted by atomic mass is 9.85. The van der Waals surface area contributed by atoms with Crippen molar-refractivity contribution in [2.24, 2.45) is 11.8 Å². The van der Waals surface area contributed by atoms with E-state index in [0.29, 0.717) is 17.9 Å². The van der Waals surface area contributed by atoms with Gasteiger partial charge in [0.2, 0.25) is 5.91 Å². The average Bonchev–Trinajstić information content (AvgIpc) is 2.47. The van der Waals surface area contributed by atoms with Gasteiger partial charge in [0.1, 0.15) is 0 Å². The molecule has 104 valence electrons. The monoisotopic (exact) mass is 255 g/mol. The molecule has 0 radical (unpaired) electrons. The third kappa shape index (κ3) is 3.23. The van der Waals surface area contributed by atoms with Gasteiger partial charge in [0.05, 0.1) is 6.10 Å². The van der Waals surface area contributed by atoms with E-state index in [4.69, 9.17) is 9.84 Å². The van der Waals surface area contributed by atoms with E-state index >= 15 is 0 Å². The summed E-state index contributed by atoms with van der Waals surface area (Å²) in [5.74, 6) is 0.946. The van der Waals surface area contributed by atoms with Crippen molar-refractivity contribution in [3.8, 4) is 0 Å². The molecule has 1 aliphatic heterocycles. The Morgan fingerprint density at radius 3 is 2.28 bits per heavy atom. The number of hydrogen-bond acceptors (Lipinski definition) is 3. The largest absolute Gasteiger partial charge is 0.396 e. The molecule has 2 fully saturated rings. The standard InChI is InChI=1S/C14H25NO3/c1-18-13-4-2-12(3-5-13)14(17)15-8-6-11(10-16)7-9-15/h11-13,16H,2-10H2,1H3. The zero-order valence-corrected chi connectivity index (χ0v) is 11.3. The van der Waals surface area contributed by atoms with Crippen molar-refractivity contribution in [2.75, 3.05) is 26.8 Å². The van der Waals surface area contributed by atoms with Crippen LogP contribution in [0.3, 0.4) is 0 Å². The third-order valence-electron chi connectivity index (χ3n) is 4.54. The van der Waals surface area contributed by atoms with E-state index in [1.54, 1.807) is 7.11 Å². The molecule has 0 unspecified atom stereocenters. The van der Waals surface area contributed by atoms with Gasteiger partial charge >= 0.3 is 0 Å². The molecule has 0 aromatic rings. The maximum absolute atomic E-state index is 12.4. The van der Waals surface area contributed by atoms with Crippen molar-refractivity contribution in [3.05, 3.63) is 0 Å². The van der Waals surface area contributed by atoms with E-state index in [9.17, 15) is 4.79 Å². The quantitative estimate of drug-likeness (QED) is 0.830. The predicted octanol–water partition coefficient (Wildman–Crippen LogP) is 1.42. The number of carbonyl (C=O) groups excluding carboxylic acids is 1. The Labute approximate surface area is 109 Å². The molecule has 1 N–H and O–H groups in total. The first-order valence-corrected chi connectivity index (χ1v) is 7.17. The molecule has 1 amide bonds. The first-order valence-electron chi connectivity index (χ1n) is 7.17. The van der Waals surface area contributed by atoms with Gasteiger partial charge in [0.15, 0.2) is 0 Å². The zero-order valence-electron chi connectivity index (χ0n) is 11.3. The van der Waals surface area contributed by atoms with E-state index in [0.717, 1.165) is 51.6 Å². The first kappa shape index (κ1) is 13.8. The molecule has 0 atom stereocenters. The van der Waals surface area contributed by atoms with Crippen LogP contribution >= 0.6 is 0 Å². The van der Waals surface area contributed by atoms with Crippen molar-refractivity contribution >= 4 is 5.91 Å². The molecular formula is C14H25NO3. The van der Waals surface area contributed by atoms with Gasteiger partial charge in [0.25, 0.3) is 0 Å². The molecule has 1 aliphatic carbocycles. The zero-order chi connectivity index (χ0) is 13.0. The summed E-state index contributed by atoms with van der Waals surface area (Å²) in [6.07, 6.45) is 6.23. The van der Waals surface area contributed by atoms with Gasteiger partial charge in [-0.25, -0.2) is 0 Å². The van der Waals surface area contributed by atoms with Crippen LogP contribution in [0.5, 0.6) is 0 Å². The smallest absolute Gasteiger partial charge is 0.225 e. The molecule has 4 heteroatoms. The van der Waals surface area contributed by atoms with Gasteiger partial charge in [-0.15, -0.1) is 0 Å². The summed E-state index contributed by atoms with van der Waals surface area (Å²) >= 11 is 0. The van der Waals surface area contributed by atoms with Crippen LogP contribution in [0.2, 0.25) is 0 Å². The average molecular weight is 255 g/mol. The molecule has 2 aliphatic rings. The Hall–Kier alpha value is -0.610. The van der Waals surface area contributed by atoms with Gasteiger partial charge in [0, 0.05) is 32.7 Å². The number of amides is 1. The fourth-order valence-corrected chi connectivity index (χ4v) is 3.14. The van der Waals surface area contributed by atoms with Crippen molar-refractivity contribution in [3.63, 3.8) is 0 Å². The summed E-state index contributed by atoms with van der Waals surface area (Å²) < 4.78 is 5.34. The van der Waals surface area contributed by atoms with Gasteiger partial charge < -0.3 is 14.7 Å². The van der Waals surface area contributed by atoms with Crippen LogP contribution in [0.4, 0.5) is 0 Å². The number of aliphatic hydroxyl groups is 1. The van der Waals surface area contributed by atoms with E-state index in [2.05, 4.69) is 0 Å². The van der Waals surface area contributed by atoms with Crippen LogP contribution in [0.1, 0.15) is 38.5 Å². The molecule has 1 saturated heterocycles. The third-order valence-corrected chi connectivity index (χ3v) is 4.54. The highest BCUT2D eigenvalue weighted by Gasteiger charge is 2.31. The predicted molar refractivity (Wildman–Crippen MR) is 69.1 cm³/mol. The molecule has 4 nitrogen and oxygen atoms in total. The summed E-state index contributed by atoms with van der Waals surface area (Å²) in [7, 11) is 1.76. The minimum atomic E-state index is 0.210. The highest BCUT2D eigenvalue weighted by Crippen LogP contribution is 2.28. The van der Waals surface area contributed by atoms with Crippen LogP contribution in [-0.2, 0) is 9.53 Å². The maximum atomic E-state index is 12.4. The lowest BCUT2D eigenvalue weighted by Crippen LogP contribution is -2.43. The fourth-order valence-electron chi connectivity index (χ4n) is 3.14. The Bertz CT molecular complexity index is 240. The fraction of sp³-hybridized carbons (Fsp3) is 0.929. The van der Waals surface area contributed by atoms with Crippen molar-refractivity contribution in [1.29, 1.82) is 0 Å². The number of hydrogen-bond donors (Lipinski definition) is 1. The van der Waals surface area contributed by atoms with Crippen molar-refractivity contribution < 1.29 is 14.6 Å². The van der Waals surface area contributed by atoms with Gasteiger partial charge in [-0.2, -0.15) is 0 Å². The second-order valence-electron chi connectivity index (χ2n) is 5.66. The number of methoxy groups -OCH3 is 1. The topological polar surface area (TPSA) is 49.8 Å². The van der Waals surface area contributed by atoms with E-state index < -0.39 is 0 Å². The van der Waals surface area contributed by atoms with E-state index in [1.807, 2.05) is 4.90 Å². The Kier molecular flexibility index (Phi) is 5.01. The molecule has 1 heterocycles. The van der Waals surface area contributed by atoms with Crippen molar-refractivity contribution in [1.82, 2.24) is 4.90 Å². The minimum absolute atomic E-state index is 0.210. The Balaban J connectivity index is 1.78. The van der Waals surface area contributed by atoms with Crippen LogP contribution in [0.25, 0.3) is 0 Å². The Morgan fingerprint density at radius 2 is 1.78 bits per heavy atom. The number of rotatable bonds is 3. The number of ether oxygens (including phenoxy) is 1. The molecule has 0 spiro atoms. The van der Waals surface area contributed by atoms with E-state index in [1.165, 1.54) is 0 Å². The minimum Gasteiger partial charge on any atom is -0.396 e. The molecule has 0 aromatic heterocycles. The lowest BCUT2D eigenvalue weighted by Gasteiger charge is -2.35. The second kappa shape index (κ2) is 6.53.